The highest BCUT2D eigenvalue weighted by atomic mass is 32.2. The molecule has 0 aliphatic carbocycles. The highest BCUT2D eigenvalue weighted by molar-refractivity contribution is 8.00. The lowest BCUT2D eigenvalue weighted by molar-refractivity contribution is -0.0318. The van der Waals surface area contributed by atoms with Gasteiger partial charge in [0.05, 0.1) is 11.6 Å². The molecule has 1 N–H and O–H groups in total. The zero-order chi connectivity index (χ0) is 18.8. The van der Waals surface area contributed by atoms with E-state index < -0.39 is 17.2 Å². The zero-order valence-electron chi connectivity index (χ0n) is 13.8. The van der Waals surface area contributed by atoms with E-state index in [1.807, 2.05) is 13.8 Å². The Kier molecular flexibility index (Phi) is 5.65. The van der Waals surface area contributed by atoms with Crippen LogP contribution in [0.25, 0.3) is 0 Å². The second-order valence-electron chi connectivity index (χ2n) is 5.08. The summed E-state index contributed by atoms with van der Waals surface area (Å²) in [6.07, 6.45) is -2.01. The standard InChI is InChI=1S/C16H10F3NO2S.C2H6/c1-8-2-3-12(13-14(8)23-16(18,19)15(13)21)22-11-5-9(7-20)4-10(17)6-11;1-2/h2-6,15,21H,1H3;1-2H3. The molecule has 1 heterocycles. The van der Waals surface area contributed by atoms with E-state index in [1.165, 1.54) is 12.1 Å². The van der Waals surface area contributed by atoms with Crippen LogP contribution in [0.4, 0.5) is 13.2 Å². The third-order valence-corrected chi connectivity index (χ3v) is 4.65. The summed E-state index contributed by atoms with van der Waals surface area (Å²) in [4.78, 5) is 0.247. The molecule has 7 heteroatoms. The van der Waals surface area contributed by atoms with Crippen LogP contribution in [-0.4, -0.2) is 10.4 Å². The fraction of sp³-hybridized carbons (Fsp3) is 0.278. The van der Waals surface area contributed by atoms with Gasteiger partial charge < -0.3 is 9.84 Å². The molecule has 2 aromatic carbocycles. The molecule has 1 aliphatic rings. The maximum atomic E-state index is 13.8. The highest BCUT2D eigenvalue weighted by Gasteiger charge is 2.50. The van der Waals surface area contributed by atoms with E-state index in [2.05, 4.69) is 0 Å². The van der Waals surface area contributed by atoms with Gasteiger partial charge in [0.2, 0.25) is 0 Å². The van der Waals surface area contributed by atoms with Crippen molar-refractivity contribution in [3.63, 3.8) is 0 Å². The Morgan fingerprint density at radius 1 is 1.24 bits per heavy atom. The molecular formula is C18H16F3NO2S. The van der Waals surface area contributed by atoms with Gasteiger partial charge >= 0.3 is 5.25 Å². The molecule has 3 nitrogen and oxygen atoms in total. The summed E-state index contributed by atoms with van der Waals surface area (Å²) in [6, 6.07) is 8.18. The molecular weight excluding hydrogens is 351 g/mol. The molecule has 1 aliphatic heterocycles. The Bertz CT molecular complexity index is 834. The second-order valence-corrected chi connectivity index (χ2v) is 6.24. The minimum Gasteiger partial charge on any atom is -0.457 e. The van der Waals surface area contributed by atoms with Crippen LogP contribution in [0.1, 0.15) is 36.6 Å². The van der Waals surface area contributed by atoms with Crippen LogP contribution in [-0.2, 0) is 0 Å². The molecule has 1 unspecified atom stereocenters. The maximum Gasteiger partial charge on any atom is 0.327 e. The number of aliphatic hydroxyl groups is 1. The monoisotopic (exact) mass is 367 g/mol. The van der Waals surface area contributed by atoms with Gasteiger partial charge in [0.25, 0.3) is 0 Å². The first-order valence-corrected chi connectivity index (χ1v) is 8.40. The molecule has 132 valence electrons. The Labute approximate surface area is 148 Å². The van der Waals surface area contributed by atoms with Crippen molar-refractivity contribution in [3.05, 3.63) is 52.8 Å². The number of hydrogen-bond donors (Lipinski definition) is 1. The molecule has 0 bridgehead atoms. The largest absolute Gasteiger partial charge is 0.457 e. The predicted octanol–water partition coefficient (Wildman–Crippen LogP) is 5.56. The van der Waals surface area contributed by atoms with Crippen molar-refractivity contribution >= 4 is 11.8 Å². The van der Waals surface area contributed by atoms with Crippen LogP contribution in [0.3, 0.4) is 0 Å². The molecule has 0 radical (unpaired) electrons. The van der Waals surface area contributed by atoms with E-state index in [0.29, 0.717) is 5.56 Å². The van der Waals surface area contributed by atoms with Gasteiger partial charge in [-0.2, -0.15) is 14.0 Å². The molecule has 25 heavy (non-hydrogen) atoms. The van der Waals surface area contributed by atoms with Gasteiger partial charge in [0, 0.05) is 16.5 Å². The number of aryl methyl sites for hydroxylation is 1. The average molecular weight is 367 g/mol. The van der Waals surface area contributed by atoms with Gasteiger partial charge in [-0.15, -0.1) is 0 Å². The zero-order valence-corrected chi connectivity index (χ0v) is 14.6. The highest BCUT2D eigenvalue weighted by Crippen LogP contribution is 2.57. The third-order valence-electron chi connectivity index (χ3n) is 3.41. The summed E-state index contributed by atoms with van der Waals surface area (Å²) < 4.78 is 46.4. The first kappa shape index (κ1) is 19.2. The van der Waals surface area contributed by atoms with Crippen LogP contribution >= 0.6 is 11.8 Å². The van der Waals surface area contributed by atoms with Gasteiger partial charge in [-0.1, -0.05) is 19.9 Å². The summed E-state index contributed by atoms with van der Waals surface area (Å²) >= 11 is 0.274. The Hall–Kier alpha value is -2.17. The quantitative estimate of drug-likeness (QED) is 0.755. The molecule has 1 atom stereocenters. The minimum atomic E-state index is -3.35. The summed E-state index contributed by atoms with van der Waals surface area (Å²) in [7, 11) is 0. The predicted molar refractivity (Wildman–Crippen MR) is 89.5 cm³/mol. The van der Waals surface area contributed by atoms with E-state index >= 15 is 0 Å². The van der Waals surface area contributed by atoms with Crippen molar-refractivity contribution in [1.82, 2.24) is 0 Å². The lowest BCUT2D eigenvalue weighted by Gasteiger charge is -2.15. The van der Waals surface area contributed by atoms with E-state index in [0.717, 1.165) is 12.1 Å². The lowest BCUT2D eigenvalue weighted by atomic mass is 10.1. The van der Waals surface area contributed by atoms with Gasteiger partial charge in [-0.3, -0.25) is 0 Å². The molecule has 0 saturated heterocycles. The Morgan fingerprint density at radius 3 is 2.56 bits per heavy atom. The van der Waals surface area contributed by atoms with Crippen molar-refractivity contribution < 1.29 is 23.0 Å². The minimum absolute atomic E-state index is 0.0000180. The first-order chi connectivity index (χ1) is 11.8. The normalized spacial score (nSPS) is 17.1. The van der Waals surface area contributed by atoms with Crippen molar-refractivity contribution in [2.45, 2.75) is 37.0 Å². The molecule has 0 spiro atoms. The number of alkyl halides is 2. The number of benzene rings is 2. The smallest absolute Gasteiger partial charge is 0.327 e. The van der Waals surface area contributed by atoms with Crippen LogP contribution in [0.15, 0.2) is 35.2 Å². The van der Waals surface area contributed by atoms with Gasteiger partial charge in [0.15, 0.2) is 6.10 Å². The third kappa shape index (κ3) is 3.75. The average Bonchev–Trinajstić information content (AvgIpc) is 2.83. The van der Waals surface area contributed by atoms with Crippen molar-refractivity contribution in [3.8, 4) is 17.6 Å². The molecule has 3 rings (SSSR count). The number of nitrogens with zero attached hydrogens (tertiary/aromatic N) is 1. The first-order valence-electron chi connectivity index (χ1n) is 7.59. The Balaban J connectivity index is 0.00000109. The van der Waals surface area contributed by atoms with Crippen LogP contribution < -0.4 is 4.74 Å². The van der Waals surface area contributed by atoms with Crippen LogP contribution in [0.5, 0.6) is 11.5 Å². The van der Waals surface area contributed by atoms with Crippen molar-refractivity contribution in [2.75, 3.05) is 0 Å². The molecule has 0 fully saturated rings. The summed E-state index contributed by atoms with van der Waals surface area (Å²) in [6.45, 7) is 5.65. The lowest BCUT2D eigenvalue weighted by Crippen LogP contribution is -2.16. The van der Waals surface area contributed by atoms with Crippen molar-refractivity contribution in [1.29, 1.82) is 5.26 Å². The van der Waals surface area contributed by atoms with Gasteiger partial charge in [-0.25, -0.2) is 4.39 Å². The van der Waals surface area contributed by atoms with Gasteiger partial charge in [0.1, 0.15) is 17.3 Å². The number of rotatable bonds is 2. The van der Waals surface area contributed by atoms with Crippen LogP contribution in [0.2, 0.25) is 0 Å². The molecule has 2 aromatic rings. The van der Waals surface area contributed by atoms with Crippen molar-refractivity contribution in [2.24, 2.45) is 0 Å². The number of hydrogen-bond acceptors (Lipinski definition) is 4. The number of nitriles is 1. The second kappa shape index (κ2) is 7.38. The van der Waals surface area contributed by atoms with Gasteiger partial charge in [-0.05, 0) is 42.4 Å². The maximum absolute atomic E-state index is 13.8. The number of thioether (sulfide) groups is 1. The van der Waals surface area contributed by atoms with E-state index in [9.17, 15) is 18.3 Å². The summed E-state index contributed by atoms with van der Waals surface area (Å²) in [5.41, 5.74) is 0.609. The van der Waals surface area contributed by atoms with E-state index in [-0.39, 0.29) is 39.3 Å². The molecule has 0 amide bonds. The number of halogens is 3. The molecule has 0 saturated carbocycles. The van der Waals surface area contributed by atoms with E-state index in [4.69, 9.17) is 10.00 Å². The van der Waals surface area contributed by atoms with E-state index in [1.54, 1.807) is 19.1 Å². The topological polar surface area (TPSA) is 53.2 Å². The number of fused-ring (bicyclic) bond motifs is 1. The number of aliphatic hydroxyl groups excluding tert-OH is 1. The fourth-order valence-corrected chi connectivity index (χ4v) is 3.40. The summed E-state index contributed by atoms with van der Waals surface area (Å²) in [5, 5.41) is 15.4. The Morgan fingerprint density at radius 2 is 1.92 bits per heavy atom. The van der Waals surface area contributed by atoms with Crippen LogP contribution in [0, 0.1) is 24.1 Å². The SMILES string of the molecule is CC.Cc1ccc(Oc2cc(F)cc(C#N)c2)c2c1SC(F)(F)C2O. The summed E-state index contributed by atoms with van der Waals surface area (Å²) in [5.74, 6) is -0.666. The fourth-order valence-electron chi connectivity index (χ4n) is 2.35. The molecule has 0 aromatic heterocycles. The number of ether oxygens (including phenoxy) is 1.